The third-order valence-corrected chi connectivity index (χ3v) is 4.38. The van der Waals surface area contributed by atoms with Crippen LogP contribution in [0.15, 0.2) is 34.8 Å². The molecule has 1 atom stereocenters. The molecule has 106 valence electrons. The number of nitrogens with one attached hydrogen (secondary N) is 1. The maximum absolute atomic E-state index is 14.2. The zero-order valence-corrected chi connectivity index (χ0v) is 13.2. The summed E-state index contributed by atoms with van der Waals surface area (Å²) < 4.78 is 28.9. The second-order valence-corrected chi connectivity index (χ2v) is 5.63. The molecular formula is C16H16BrF2N. The molecule has 0 aliphatic rings. The molecule has 0 heterocycles. The molecular weight excluding hydrogens is 324 g/mol. The van der Waals surface area contributed by atoms with Gasteiger partial charge in [-0.15, -0.1) is 0 Å². The molecule has 0 spiro atoms. The Morgan fingerprint density at radius 1 is 1.00 bits per heavy atom. The van der Waals surface area contributed by atoms with Gasteiger partial charge in [-0.1, -0.05) is 40.2 Å². The van der Waals surface area contributed by atoms with E-state index in [4.69, 9.17) is 0 Å². The SMILES string of the molecule is CNC(c1cccc(Br)c1C)c1ccc(C)c(F)c1F. The van der Waals surface area contributed by atoms with E-state index in [0.29, 0.717) is 11.1 Å². The minimum absolute atomic E-state index is 0.312. The number of rotatable bonds is 3. The average molecular weight is 340 g/mol. The smallest absolute Gasteiger partial charge is 0.164 e. The fourth-order valence-electron chi connectivity index (χ4n) is 2.30. The predicted octanol–water partition coefficient (Wildman–Crippen LogP) is 4.65. The maximum Gasteiger partial charge on any atom is 0.164 e. The van der Waals surface area contributed by atoms with Crippen LogP contribution in [0.1, 0.15) is 28.3 Å². The number of halogens is 3. The largest absolute Gasteiger partial charge is 0.309 e. The third kappa shape index (κ3) is 2.63. The second-order valence-electron chi connectivity index (χ2n) is 4.78. The van der Waals surface area contributed by atoms with E-state index in [2.05, 4.69) is 21.2 Å². The molecule has 4 heteroatoms. The lowest BCUT2D eigenvalue weighted by atomic mass is 9.94. The molecule has 0 aliphatic carbocycles. The van der Waals surface area contributed by atoms with E-state index in [-0.39, 0.29) is 6.04 Å². The normalized spacial score (nSPS) is 12.5. The van der Waals surface area contributed by atoms with Gasteiger partial charge in [-0.2, -0.15) is 0 Å². The Kier molecular flexibility index (Phi) is 4.55. The molecule has 2 aromatic carbocycles. The molecule has 2 aromatic rings. The molecule has 0 fully saturated rings. The fourth-order valence-corrected chi connectivity index (χ4v) is 2.68. The molecule has 0 aromatic heterocycles. The average Bonchev–Trinajstić information content (AvgIpc) is 2.44. The Bertz CT molecular complexity index is 641. The highest BCUT2D eigenvalue weighted by Crippen LogP contribution is 2.31. The zero-order valence-electron chi connectivity index (χ0n) is 11.6. The molecule has 2 rings (SSSR count). The van der Waals surface area contributed by atoms with Crippen LogP contribution in [0.25, 0.3) is 0 Å². The molecule has 20 heavy (non-hydrogen) atoms. The lowest BCUT2D eigenvalue weighted by Gasteiger charge is -2.21. The van der Waals surface area contributed by atoms with E-state index in [1.165, 1.54) is 0 Å². The summed E-state index contributed by atoms with van der Waals surface area (Å²) in [6.45, 7) is 3.51. The van der Waals surface area contributed by atoms with Crippen molar-refractivity contribution in [3.8, 4) is 0 Å². The summed E-state index contributed by atoms with van der Waals surface area (Å²) in [6, 6.07) is 8.58. The topological polar surface area (TPSA) is 12.0 Å². The lowest BCUT2D eigenvalue weighted by Crippen LogP contribution is -2.20. The van der Waals surface area contributed by atoms with Gasteiger partial charge in [-0.25, -0.2) is 8.78 Å². The van der Waals surface area contributed by atoms with E-state index in [1.54, 1.807) is 26.1 Å². The highest BCUT2D eigenvalue weighted by atomic mass is 79.9. The molecule has 0 saturated heterocycles. The summed E-state index contributed by atoms with van der Waals surface area (Å²) in [7, 11) is 1.74. The van der Waals surface area contributed by atoms with Crippen molar-refractivity contribution in [3.05, 3.63) is 68.7 Å². The molecule has 1 N–H and O–H groups in total. The quantitative estimate of drug-likeness (QED) is 0.857. The molecule has 1 nitrogen and oxygen atoms in total. The molecule has 0 saturated carbocycles. The van der Waals surface area contributed by atoms with Crippen molar-refractivity contribution in [1.82, 2.24) is 5.32 Å². The summed E-state index contributed by atoms with van der Waals surface area (Å²) in [5, 5.41) is 3.06. The second kappa shape index (κ2) is 6.02. The number of hydrogen-bond acceptors (Lipinski definition) is 1. The maximum atomic E-state index is 14.2. The summed E-state index contributed by atoms with van der Waals surface area (Å²) in [5.41, 5.74) is 2.56. The van der Waals surface area contributed by atoms with Gasteiger partial charge < -0.3 is 5.32 Å². The zero-order chi connectivity index (χ0) is 14.9. The Morgan fingerprint density at radius 2 is 1.70 bits per heavy atom. The van der Waals surface area contributed by atoms with Crippen LogP contribution in [-0.2, 0) is 0 Å². The van der Waals surface area contributed by atoms with Gasteiger partial charge in [0.05, 0.1) is 6.04 Å². The molecule has 0 radical (unpaired) electrons. The third-order valence-electron chi connectivity index (χ3n) is 3.53. The summed E-state index contributed by atoms with van der Waals surface area (Å²) >= 11 is 3.47. The lowest BCUT2D eigenvalue weighted by molar-refractivity contribution is 0.482. The van der Waals surface area contributed by atoms with Crippen LogP contribution in [-0.4, -0.2) is 7.05 Å². The van der Waals surface area contributed by atoms with Gasteiger partial charge in [0.15, 0.2) is 11.6 Å². The molecule has 1 unspecified atom stereocenters. The summed E-state index contributed by atoms with van der Waals surface area (Å²) in [6.07, 6.45) is 0. The van der Waals surface area contributed by atoms with Crippen molar-refractivity contribution in [1.29, 1.82) is 0 Å². The minimum Gasteiger partial charge on any atom is -0.309 e. The van der Waals surface area contributed by atoms with E-state index < -0.39 is 11.6 Å². The standard InChI is InChI=1S/C16H16BrF2N/c1-9-7-8-12(15(19)14(9)18)16(20-3)11-5-4-6-13(17)10(11)2/h4-8,16,20H,1-3H3. The minimum atomic E-state index is -0.788. The first-order valence-electron chi connectivity index (χ1n) is 6.34. The van der Waals surface area contributed by atoms with Crippen molar-refractivity contribution in [2.45, 2.75) is 19.9 Å². The number of hydrogen-bond donors (Lipinski definition) is 1. The van der Waals surface area contributed by atoms with Gasteiger partial charge in [-0.05, 0) is 43.7 Å². The van der Waals surface area contributed by atoms with Crippen LogP contribution in [0.2, 0.25) is 0 Å². The first-order chi connectivity index (χ1) is 9.47. The van der Waals surface area contributed by atoms with E-state index in [9.17, 15) is 8.78 Å². The van der Waals surface area contributed by atoms with Crippen LogP contribution in [0, 0.1) is 25.5 Å². The van der Waals surface area contributed by atoms with Crippen molar-refractivity contribution in [2.75, 3.05) is 7.05 Å². The highest BCUT2D eigenvalue weighted by Gasteiger charge is 2.21. The summed E-state index contributed by atoms with van der Waals surface area (Å²) in [5.74, 6) is -1.57. The fraction of sp³-hybridized carbons (Fsp3) is 0.250. The van der Waals surface area contributed by atoms with Gasteiger partial charge in [0.2, 0.25) is 0 Å². The van der Waals surface area contributed by atoms with Crippen molar-refractivity contribution < 1.29 is 8.78 Å². The van der Waals surface area contributed by atoms with Crippen LogP contribution < -0.4 is 5.32 Å². The Balaban J connectivity index is 2.59. The predicted molar refractivity (Wildman–Crippen MR) is 80.9 cm³/mol. The van der Waals surface area contributed by atoms with Gasteiger partial charge in [-0.3, -0.25) is 0 Å². The first-order valence-corrected chi connectivity index (χ1v) is 7.13. The number of aryl methyl sites for hydroxylation is 1. The molecule has 0 bridgehead atoms. The van der Waals surface area contributed by atoms with Gasteiger partial charge >= 0.3 is 0 Å². The van der Waals surface area contributed by atoms with Crippen molar-refractivity contribution in [3.63, 3.8) is 0 Å². The van der Waals surface area contributed by atoms with Gasteiger partial charge in [0.25, 0.3) is 0 Å². The van der Waals surface area contributed by atoms with E-state index >= 15 is 0 Å². The van der Waals surface area contributed by atoms with Crippen molar-refractivity contribution in [2.24, 2.45) is 0 Å². The monoisotopic (exact) mass is 339 g/mol. The van der Waals surface area contributed by atoms with Gasteiger partial charge in [0, 0.05) is 10.0 Å². The van der Waals surface area contributed by atoms with Crippen molar-refractivity contribution >= 4 is 15.9 Å². The molecule has 0 aliphatic heterocycles. The van der Waals surface area contributed by atoms with E-state index in [1.807, 2.05) is 25.1 Å². The summed E-state index contributed by atoms with van der Waals surface area (Å²) in [4.78, 5) is 0. The highest BCUT2D eigenvalue weighted by molar-refractivity contribution is 9.10. The van der Waals surface area contributed by atoms with Crippen LogP contribution in [0.5, 0.6) is 0 Å². The van der Waals surface area contributed by atoms with Crippen LogP contribution >= 0.6 is 15.9 Å². The van der Waals surface area contributed by atoms with Crippen LogP contribution in [0.3, 0.4) is 0 Å². The van der Waals surface area contributed by atoms with Gasteiger partial charge in [0.1, 0.15) is 0 Å². The molecule has 0 amide bonds. The number of benzene rings is 2. The Hall–Kier alpha value is -1.26. The Labute approximate surface area is 126 Å². The first kappa shape index (κ1) is 15.1. The Morgan fingerprint density at radius 3 is 2.35 bits per heavy atom. The van der Waals surface area contributed by atoms with E-state index in [0.717, 1.165) is 15.6 Å². The van der Waals surface area contributed by atoms with Crippen LogP contribution in [0.4, 0.5) is 8.78 Å².